The summed E-state index contributed by atoms with van der Waals surface area (Å²) in [6, 6.07) is 10.8. The van der Waals surface area contributed by atoms with Crippen LogP contribution in [0.5, 0.6) is 0 Å². The normalized spacial score (nSPS) is 11.0. The summed E-state index contributed by atoms with van der Waals surface area (Å²) in [7, 11) is 0. The number of carbonyl (C=O) groups is 1. The molecule has 0 fully saturated rings. The van der Waals surface area contributed by atoms with Crippen molar-refractivity contribution in [3.8, 4) is 10.6 Å². The summed E-state index contributed by atoms with van der Waals surface area (Å²) in [5.74, 6) is 0.227. The van der Waals surface area contributed by atoms with Crippen LogP contribution in [-0.4, -0.2) is 21.1 Å². The molecule has 0 aliphatic rings. The number of aryl methyl sites for hydroxylation is 2. The monoisotopic (exact) mass is 365 g/mol. The van der Waals surface area contributed by atoms with Crippen LogP contribution in [0.15, 0.2) is 46.3 Å². The molecule has 1 aromatic carbocycles. The number of thiophene rings is 1. The molecule has 7 heteroatoms. The zero-order chi connectivity index (χ0) is 18.1. The molecule has 4 rings (SSSR count). The van der Waals surface area contributed by atoms with Crippen LogP contribution in [-0.2, 0) is 11.3 Å². The Bertz CT molecular complexity index is 1090. The summed E-state index contributed by atoms with van der Waals surface area (Å²) < 4.78 is 10.6. The zero-order valence-corrected chi connectivity index (χ0v) is 15.0. The van der Waals surface area contributed by atoms with Crippen LogP contribution in [0.2, 0.25) is 0 Å². The molecule has 0 unspecified atom stereocenters. The molecular weight excluding hydrogens is 350 g/mol. The van der Waals surface area contributed by atoms with Gasteiger partial charge in [-0.05, 0) is 43.5 Å². The Balaban J connectivity index is 1.48. The van der Waals surface area contributed by atoms with Gasteiger partial charge >= 0.3 is 5.97 Å². The van der Waals surface area contributed by atoms with Gasteiger partial charge in [-0.25, -0.2) is 14.8 Å². The lowest BCUT2D eigenvalue weighted by molar-refractivity contribution is 0.0464. The van der Waals surface area contributed by atoms with Crippen molar-refractivity contribution in [1.82, 2.24) is 15.1 Å². The van der Waals surface area contributed by atoms with Gasteiger partial charge in [-0.1, -0.05) is 11.2 Å². The third-order valence-electron chi connectivity index (χ3n) is 3.99. The van der Waals surface area contributed by atoms with Gasteiger partial charge in [-0.2, -0.15) is 0 Å². The van der Waals surface area contributed by atoms with Crippen LogP contribution in [0.4, 0.5) is 0 Å². The van der Waals surface area contributed by atoms with E-state index in [1.165, 1.54) is 0 Å². The van der Waals surface area contributed by atoms with E-state index in [0.717, 1.165) is 21.8 Å². The molecule has 0 aliphatic heterocycles. The number of hydrogen-bond donors (Lipinski definition) is 0. The van der Waals surface area contributed by atoms with Crippen LogP contribution in [0.25, 0.3) is 21.7 Å². The Morgan fingerprint density at radius 1 is 1.12 bits per heavy atom. The number of esters is 1. The number of benzene rings is 1. The van der Waals surface area contributed by atoms with Crippen molar-refractivity contribution in [1.29, 1.82) is 0 Å². The Kier molecular flexibility index (Phi) is 4.22. The third kappa shape index (κ3) is 3.21. The highest BCUT2D eigenvalue weighted by molar-refractivity contribution is 7.13. The van der Waals surface area contributed by atoms with E-state index in [-0.39, 0.29) is 6.61 Å². The van der Waals surface area contributed by atoms with Gasteiger partial charge in [-0.15, -0.1) is 11.3 Å². The first kappa shape index (κ1) is 16.4. The molecule has 26 heavy (non-hydrogen) atoms. The van der Waals surface area contributed by atoms with Gasteiger partial charge in [-0.3, -0.25) is 0 Å². The molecule has 0 amide bonds. The predicted molar refractivity (Wildman–Crippen MR) is 97.9 cm³/mol. The van der Waals surface area contributed by atoms with Gasteiger partial charge in [0.2, 0.25) is 0 Å². The summed E-state index contributed by atoms with van der Waals surface area (Å²) >= 11 is 1.56. The molecule has 4 aromatic rings. The van der Waals surface area contributed by atoms with Gasteiger partial charge < -0.3 is 9.26 Å². The Labute approximate surface area is 153 Å². The number of aromatic nitrogens is 3. The number of rotatable bonds is 4. The molecule has 3 heterocycles. The van der Waals surface area contributed by atoms with Crippen LogP contribution in [0, 0.1) is 13.8 Å². The third-order valence-corrected chi connectivity index (χ3v) is 4.87. The maximum absolute atomic E-state index is 12.3. The topological polar surface area (TPSA) is 78.1 Å². The van der Waals surface area contributed by atoms with E-state index < -0.39 is 5.97 Å². The highest BCUT2D eigenvalue weighted by Crippen LogP contribution is 2.25. The van der Waals surface area contributed by atoms with E-state index in [1.54, 1.807) is 35.6 Å². The summed E-state index contributed by atoms with van der Waals surface area (Å²) in [6.07, 6.45) is 0. The fourth-order valence-corrected chi connectivity index (χ4v) is 3.17. The van der Waals surface area contributed by atoms with E-state index in [9.17, 15) is 4.79 Å². The zero-order valence-electron chi connectivity index (χ0n) is 14.2. The summed E-state index contributed by atoms with van der Waals surface area (Å²) in [5.41, 5.74) is 4.13. The highest BCUT2D eigenvalue weighted by Gasteiger charge is 2.13. The fourth-order valence-electron chi connectivity index (χ4n) is 2.50. The molecule has 3 aromatic heterocycles. The van der Waals surface area contributed by atoms with Crippen molar-refractivity contribution in [3.63, 3.8) is 0 Å². The lowest BCUT2D eigenvalue weighted by atomic mass is 10.2. The SMILES string of the molecule is Cc1nc2ccc(C(=O)OCc3cc(-c4cccs4)on3)cc2nc1C. The van der Waals surface area contributed by atoms with Crippen molar-refractivity contribution in [2.45, 2.75) is 20.5 Å². The predicted octanol–water partition coefficient (Wildman–Crippen LogP) is 4.32. The van der Waals surface area contributed by atoms with Gasteiger partial charge in [0.1, 0.15) is 12.3 Å². The molecule has 0 N–H and O–H groups in total. The fraction of sp³-hybridized carbons (Fsp3) is 0.158. The molecule has 0 saturated heterocycles. The molecule has 130 valence electrons. The van der Waals surface area contributed by atoms with Crippen LogP contribution >= 0.6 is 11.3 Å². The maximum Gasteiger partial charge on any atom is 0.338 e. The van der Waals surface area contributed by atoms with Crippen LogP contribution in [0.3, 0.4) is 0 Å². The van der Waals surface area contributed by atoms with Gasteiger partial charge in [0, 0.05) is 6.07 Å². The number of hydrogen-bond acceptors (Lipinski definition) is 7. The summed E-state index contributed by atoms with van der Waals surface area (Å²) in [6.45, 7) is 3.85. The highest BCUT2D eigenvalue weighted by atomic mass is 32.1. The van der Waals surface area contributed by atoms with Crippen molar-refractivity contribution >= 4 is 28.3 Å². The molecule has 0 saturated carbocycles. The standard InChI is InChI=1S/C19H15N3O3S/c1-11-12(2)21-16-8-13(5-6-15(16)20-11)19(23)24-10-14-9-17(25-22-14)18-4-3-7-26-18/h3-9H,10H2,1-2H3. The number of nitrogens with zero attached hydrogens (tertiary/aromatic N) is 3. The lowest BCUT2D eigenvalue weighted by Crippen LogP contribution is -2.06. The number of fused-ring (bicyclic) bond motifs is 1. The van der Waals surface area contributed by atoms with Crippen molar-refractivity contribution < 1.29 is 14.1 Å². The molecule has 0 aliphatic carbocycles. The Hall–Kier alpha value is -3.06. The van der Waals surface area contributed by atoms with E-state index in [4.69, 9.17) is 9.26 Å². The minimum absolute atomic E-state index is 0.0460. The maximum atomic E-state index is 12.3. The van der Waals surface area contributed by atoms with Gasteiger partial charge in [0.15, 0.2) is 5.76 Å². The quantitative estimate of drug-likeness (QED) is 0.501. The summed E-state index contributed by atoms with van der Waals surface area (Å²) in [4.78, 5) is 22.2. The smallest absolute Gasteiger partial charge is 0.338 e. The van der Waals surface area contributed by atoms with Gasteiger partial charge in [0.25, 0.3) is 0 Å². The first-order valence-corrected chi connectivity index (χ1v) is 8.90. The largest absolute Gasteiger partial charge is 0.455 e. The first-order valence-electron chi connectivity index (χ1n) is 8.02. The van der Waals surface area contributed by atoms with Crippen LogP contribution in [0.1, 0.15) is 27.4 Å². The Morgan fingerprint density at radius 2 is 1.92 bits per heavy atom. The molecule has 0 bridgehead atoms. The van der Waals surface area contributed by atoms with Crippen molar-refractivity contribution in [2.24, 2.45) is 0 Å². The minimum Gasteiger partial charge on any atom is -0.455 e. The van der Waals surface area contributed by atoms with E-state index in [2.05, 4.69) is 15.1 Å². The van der Waals surface area contributed by atoms with Crippen LogP contribution < -0.4 is 0 Å². The second-order valence-electron chi connectivity index (χ2n) is 5.83. The second-order valence-corrected chi connectivity index (χ2v) is 6.78. The molecule has 0 atom stereocenters. The summed E-state index contributed by atoms with van der Waals surface area (Å²) in [5, 5.41) is 5.90. The number of ether oxygens (including phenoxy) is 1. The average molecular weight is 365 g/mol. The van der Waals surface area contributed by atoms with Crippen molar-refractivity contribution in [3.05, 3.63) is 64.4 Å². The van der Waals surface area contributed by atoms with E-state index in [0.29, 0.717) is 22.5 Å². The molecule has 6 nitrogen and oxygen atoms in total. The lowest BCUT2D eigenvalue weighted by Gasteiger charge is -2.05. The molecular formula is C19H15N3O3S. The van der Waals surface area contributed by atoms with E-state index >= 15 is 0 Å². The van der Waals surface area contributed by atoms with Crippen molar-refractivity contribution in [2.75, 3.05) is 0 Å². The molecule has 0 radical (unpaired) electrons. The first-order chi connectivity index (χ1) is 12.6. The van der Waals surface area contributed by atoms with Gasteiger partial charge in [0.05, 0.1) is 32.9 Å². The molecule has 0 spiro atoms. The number of carbonyl (C=O) groups excluding carboxylic acids is 1. The Morgan fingerprint density at radius 3 is 2.69 bits per heavy atom. The second kappa shape index (κ2) is 6.68. The average Bonchev–Trinajstić information content (AvgIpc) is 3.31. The minimum atomic E-state index is -0.437. The van der Waals surface area contributed by atoms with E-state index in [1.807, 2.05) is 31.4 Å².